The van der Waals surface area contributed by atoms with Crippen LogP contribution >= 0.6 is 11.6 Å². The molecule has 35 heavy (non-hydrogen) atoms. The summed E-state index contributed by atoms with van der Waals surface area (Å²) in [5, 5.41) is 14.9. The van der Waals surface area contributed by atoms with Gasteiger partial charge in [0.25, 0.3) is 11.8 Å². The lowest BCUT2D eigenvalue weighted by molar-refractivity contribution is 0.0880. The molecule has 180 valence electrons. The molecule has 2 N–H and O–H groups in total. The van der Waals surface area contributed by atoms with Crippen LogP contribution in [0.2, 0.25) is 5.02 Å². The number of imide groups is 1. The number of aryl methyl sites for hydroxylation is 1. The number of phenols is 1. The molecule has 1 aliphatic heterocycles. The Morgan fingerprint density at radius 2 is 1.80 bits per heavy atom. The van der Waals surface area contributed by atoms with Gasteiger partial charge in [-0.15, -0.1) is 0 Å². The van der Waals surface area contributed by atoms with Gasteiger partial charge in [0.15, 0.2) is 11.5 Å². The van der Waals surface area contributed by atoms with Crippen molar-refractivity contribution in [3.8, 4) is 22.6 Å². The van der Waals surface area contributed by atoms with Crippen LogP contribution in [0.3, 0.4) is 0 Å². The topological polar surface area (TPSA) is 83.8 Å². The van der Waals surface area contributed by atoms with E-state index in [9.17, 15) is 14.7 Å². The predicted molar refractivity (Wildman–Crippen MR) is 138 cm³/mol. The molecular formula is C27H26ClN3O4. The minimum absolute atomic E-state index is 0.0116. The van der Waals surface area contributed by atoms with Gasteiger partial charge in [0, 0.05) is 41.0 Å². The van der Waals surface area contributed by atoms with Crippen molar-refractivity contribution in [2.24, 2.45) is 7.05 Å². The highest BCUT2D eigenvalue weighted by molar-refractivity contribution is 6.36. The number of fused-ring (bicyclic) bond motifs is 5. The van der Waals surface area contributed by atoms with Gasteiger partial charge in [-0.1, -0.05) is 36.7 Å². The summed E-state index contributed by atoms with van der Waals surface area (Å²) in [6, 6.07) is 12.5. The number of carbonyl (C=O) groups excluding carboxylic acids is 2. The van der Waals surface area contributed by atoms with E-state index in [2.05, 4.69) is 24.2 Å². The molecule has 0 radical (unpaired) electrons. The fourth-order valence-electron chi connectivity index (χ4n) is 4.74. The molecule has 0 atom stereocenters. The third kappa shape index (κ3) is 3.81. The van der Waals surface area contributed by atoms with Crippen molar-refractivity contribution in [1.29, 1.82) is 0 Å². The molecule has 0 unspecified atom stereocenters. The Balaban J connectivity index is 1.69. The number of aromatic hydroxyl groups is 1. The van der Waals surface area contributed by atoms with E-state index >= 15 is 0 Å². The van der Waals surface area contributed by atoms with Crippen LogP contribution in [-0.2, 0) is 7.05 Å². The van der Waals surface area contributed by atoms with Crippen molar-refractivity contribution < 1.29 is 19.4 Å². The molecule has 7 nitrogen and oxygen atoms in total. The lowest BCUT2D eigenvalue weighted by atomic mass is 9.93. The molecule has 0 saturated heterocycles. The van der Waals surface area contributed by atoms with Crippen molar-refractivity contribution in [3.63, 3.8) is 0 Å². The summed E-state index contributed by atoms with van der Waals surface area (Å²) in [6.45, 7) is 4.43. The first kappa shape index (κ1) is 23.2. The fraction of sp³-hybridized carbons (Fsp3) is 0.259. The third-order valence-corrected chi connectivity index (χ3v) is 7.03. The maximum absolute atomic E-state index is 13.0. The molecule has 0 bridgehead atoms. The van der Waals surface area contributed by atoms with Crippen LogP contribution in [0.4, 0.5) is 0 Å². The zero-order valence-electron chi connectivity index (χ0n) is 19.8. The molecule has 2 heterocycles. The number of aromatic nitrogens is 1. The normalized spacial score (nSPS) is 13.2. The highest BCUT2D eigenvalue weighted by Crippen LogP contribution is 2.43. The van der Waals surface area contributed by atoms with Gasteiger partial charge in [-0.05, 0) is 43.8 Å². The Morgan fingerprint density at radius 1 is 1.06 bits per heavy atom. The van der Waals surface area contributed by atoms with Gasteiger partial charge < -0.3 is 19.3 Å². The quantitative estimate of drug-likeness (QED) is 0.282. The molecule has 0 saturated carbocycles. The standard InChI is InChI=1S/C27H26ClN3O4/c1-4-30(2)10-7-11-35-22-14-19-17(13-21(22)32)23-20(31(19)3)12-16(15-8-5-6-9-18(15)28)24-25(23)27(34)29-26(24)33/h5-6,8-9,12-14,32H,4,7,10-11H2,1-3H3,(H,29,33,34). The molecule has 3 aromatic carbocycles. The number of nitrogens with zero attached hydrogens (tertiary/aromatic N) is 2. The lowest BCUT2D eigenvalue weighted by Crippen LogP contribution is -2.20. The molecule has 0 fully saturated rings. The van der Waals surface area contributed by atoms with Gasteiger partial charge >= 0.3 is 0 Å². The van der Waals surface area contributed by atoms with Crippen molar-refractivity contribution in [2.45, 2.75) is 13.3 Å². The minimum Gasteiger partial charge on any atom is -0.504 e. The van der Waals surface area contributed by atoms with E-state index in [1.807, 2.05) is 35.9 Å². The number of amides is 2. The Labute approximate surface area is 207 Å². The number of benzene rings is 3. The SMILES string of the molecule is CCN(C)CCCOc1cc2c(cc1O)c1c3c(c(-c4ccccc4Cl)cc1n2C)C(=O)NC3=O. The molecular weight excluding hydrogens is 466 g/mol. The number of nitrogens with one attached hydrogen (secondary N) is 1. The lowest BCUT2D eigenvalue weighted by Gasteiger charge is -2.14. The summed E-state index contributed by atoms with van der Waals surface area (Å²) in [6.07, 6.45) is 0.827. The summed E-state index contributed by atoms with van der Waals surface area (Å²) in [4.78, 5) is 28.0. The second-order valence-corrected chi connectivity index (χ2v) is 9.23. The average molecular weight is 492 g/mol. The van der Waals surface area contributed by atoms with E-state index in [1.165, 1.54) is 0 Å². The summed E-state index contributed by atoms with van der Waals surface area (Å²) in [7, 11) is 3.94. The largest absolute Gasteiger partial charge is 0.504 e. The third-order valence-electron chi connectivity index (χ3n) is 6.70. The van der Waals surface area contributed by atoms with Crippen LogP contribution in [-0.4, -0.2) is 53.1 Å². The van der Waals surface area contributed by atoms with E-state index in [1.54, 1.807) is 18.2 Å². The first-order valence-electron chi connectivity index (χ1n) is 11.6. The number of rotatable bonds is 7. The Bertz CT molecular complexity index is 1510. The van der Waals surface area contributed by atoms with Gasteiger partial charge in [0.2, 0.25) is 0 Å². The fourth-order valence-corrected chi connectivity index (χ4v) is 4.98. The smallest absolute Gasteiger partial charge is 0.259 e. The number of ether oxygens (including phenoxy) is 1. The van der Waals surface area contributed by atoms with E-state index < -0.39 is 11.8 Å². The molecule has 5 rings (SSSR count). The van der Waals surface area contributed by atoms with Crippen molar-refractivity contribution in [1.82, 2.24) is 14.8 Å². The predicted octanol–water partition coefficient (Wildman–Crippen LogP) is 4.96. The van der Waals surface area contributed by atoms with E-state index in [0.29, 0.717) is 50.4 Å². The number of halogens is 1. The number of hydrogen-bond acceptors (Lipinski definition) is 5. The Hall–Kier alpha value is -3.55. The second-order valence-electron chi connectivity index (χ2n) is 8.83. The van der Waals surface area contributed by atoms with Gasteiger partial charge in [0.05, 0.1) is 28.8 Å². The highest BCUT2D eigenvalue weighted by atomic mass is 35.5. The minimum atomic E-state index is -0.462. The first-order chi connectivity index (χ1) is 16.8. The maximum atomic E-state index is 13.0. The zero-order chi connectivity index (χ0) is 24.9. The Morgan fingerprint density at radius 3 is 2.54 bits per heavy atom. The van der Waals surface area contributed by atoms with E-state index in [-0.39, 0.29) is 5.75 Å². The van der Waals surface area contributed by atoms with E-state index in [4.69, 9.17) is 16.3 Å². The molecule has 8 heteroatoms. The average Bonchev–Trinajstić information content (AvgIpc) is 3.29. The van der Waals surface area contributed by atoms with Crippen LogP contribution in [0.5, 0.6) is 11.5 Å². The van der Waals surface area contributed by atoms with E-state index in [0.717, 1.165) is 30.5 Å². The Kier molecular flexibility index (Phi) is 5.91. The summed E-state index contributed by atoms with van der Waals surface area (Å²) >= 11 is 6.47. The monoisotopic (exact) mass is 491 g/mol. The summed E-state index contributed by atoms with van der Waals surface area (Å²) < 4.78 is 7.83. The molecule has 0 spiro atoms. The van der Waals surface area contributed by atoms with Crippen molar-refractivity contribution in [2.75, 3.05) is 26.7 Å². The molecule has 1 aliphatic rings. The van der Waals surface area contributed by atoms with Crippen LogP contribution in [0.1, 0.15) is 34.1 Å². The number of carbonyl (C=O) groups is 2. The summed E-state index contributed by atoms with van der Waals surface area (Å²) in [5.41, 5.74) is 3.38. The number of hydrogen-bond donors (Lipinski definition) is 2. The first-order valence-corrected chi connectivity index (χ1v) is 11.9. The van der Waals surface area contributed by atoms with Crippen LogP contribution in [0.15, 0.2) is 42.5 Å². The van der Waals surface area contributed by atoms with Crippen LogP contribution in [0, 0.1) is 0 Å². The molecule has 0 aliphatic carbocycles. The van der Waals surface area contributed by atoms with Crippen LogP contribution in [0.25, 0.3) is 32.9 Å². The second kappa shape index (κ2) is 8.91. The van der Waals surface area contributed by atoms with Gasteiger partial charge in [-0.25, -0.2) is 0 Å². The van der Waals surface area contributed by atoms with Gasteiger partial charge in [0.1, 0.15) is 0 Å². The van der Waals surface area contributed by atoms with Gasteiger partial charge in [-0.2, -0.15) is 0 Å². The molecule has 4 aromatic rings. The molecule has 1 aromatic heterocycles. The zero-order valence-corrected chi connectivity index (χ0v) is 20.6. The van der Waals surface area contributed by atoms with Crippen molar-refractivity contribution in [3.05, 3.63) is 58.6 Å². The molecule has 2 amide bonds. The summed E-state index contributed by atoms with van der Waals surface area (Å²) in [5.74, 6) is -0.551. The van der Waals surface area contributed by atoms with Crippen molar-refractivity contribution >= 4 is 45.2 Å². The van der Waals surface area contributed by atoms with Crippen LogP contribution < -0.4 is 10.1 Å². The maximum Gasteiger partial charge on any atom is 0.259 e. The number of phenolic OH excluding ortho intramolecular Hbond substituents is 1. The van der Waals surface area contributed by atoms with Gasteiger partial charge in [-0.3, -0.25) is 14.9 Å². The highest BCUT2D eigenvalue weighted by Gasteiger charge is 2.34.